The first-order valence-electron chi connectivity index (χ1n) is 3.41. The third-order valence-corrected chi connectivity index (χ3v) is 2.21. The van der Waals surface area contributed by atoms with Crippen molar-refractivity contribution in [2.75, 3.05) is 7.11 Å². The summed E-state index contributed by atoms with van der Waals surface area (Å²) in [5.74, 6) is 0.700. The van der Waals surface area contributed by atoms with Crippen LogP contribution in [0.1, 0.15) is 0 Å². The van der Waals surface area contributed by atoms with Crippen molar-refractivity contribution >= 4 is 26.9 Å². The van der Waals surface area contributed by atoms with Gasteiger partial charge in [0.05, 0.1) is 12.5 Å². The average molecular weight is 228 g/mol. The van der Waals surface area contributed by atoms with Crippen molar-refractivity contribution in [3.05, 3.63) is 22.8 Å². The minimum Gasteiger partial charge on any atom is -0.493 e. The van der Waals surface area contributed by atoms with Gasteiger partial charge in [0, 0.05) is 0 Å². The van der Waals surface area contributed by atoms with Crippen LogP contribution in [0.5, 0.6) is 5.75 Å². The molecule has 2 aromatic rings. The van der Waals surface area contributed by atoms with E-state index < -0.39 is 0 Å². The van der Waals surface area contributed by atoms with Crippen LogP contribution in [0, 0.1) is 0 Å². The van der Waals surface area contributed by atoms with Crippen molar-refractivity contribution < 1.29 is 9.26 Å². The molecule has 0 atom stereocenters. The van der Waals surface area contributed by atoms with Crippen LogP contribution in [0.4, 0.5) is 0 Å². The van der Waals surface area contributed by atoms with E-state index in [1.165, 1.54) is 0 Å². The maximum Gasteiger partial charge on any atom is 0.209 e. The molecule has 0 N–H and O–H groups in total. The lowest BCUT2D eigenvalue weighted by molar-refractivity contribution is 0.392. The highest BCUT2D eigenvalue weighted by atomic mass is 79.9. The fourth-order valence-electron chi connectivity index (χ4n) is 1.07. The monoisotopic (exact) mass is 227 g/mol. The Kier molecular flexibility index (Phi) is 1.77. The molecule has 0 aliphatic rings. The molecule has 0 amide bonds. The normalized spacial score (nSPS) is 10.5. The van der Waals surface area contributed by atoms with Crippen LogP contribution < -0.4 is 4.74 Å². The fourth-order valence-corrected chi connectivity index (χ4v) is 1.45. The molecule has 0 bridgehead atoms. The number of benzene rings is 1. The molecule has 1 aromatic heterocycles. The minimum atomic E-state index is 0.673. The zero-order valence-corrected chi connectivity index (χ0v) is 7.96. The highest BCUT2D eigenvalue weighted by molar-refractivity contribution is 9.10. The maximum atomic E-state index is 5.09. The van der Waals surface area contributed by atoms with E-state index >= 15 is 0 Å². The number of halogens is 1. The lowest BCUT2D eigenvalue weighted by atomic mass is 10.2. The van der Waals surface area contributed by atoms with Gasteiger partial charge in [-0.1, -0.05) is 11.2 Å². The minimum absolute atomic E-state index is 0.673. The van der Waals surface area contributed by atoms with Crippen LogP contribution in [0.3, 0.4) is 0 Å². The Morgan fingerprint density at radius 2 is 2.33 bits per heavy atom. The lowest BCUT2D eigenvalue weighted by Crippen LogP contribution is -1.81. The van der Waals surface area contributed by atoms with Gasteiger partial charge in [0.25, 0.3) is 0 Å². The van der Waals surface area contributed by atoms with E-state index in [4.69, 9.17) is 9.26 Å². The molecule has 1 aromatic carbocycles. The molecule has 1 heterocycles. The number of rotatable bonds is 1. The van der Waals surface area contributed by atoms with E-state index in [-0.39, 0.29) is 0 Å². The van der Waals surface area contributed by atoms with E-state index in [2.05, 4.69) is 21.1 Å². The number of aromatic nitrogens is 1. The Bertz CT molecular complexity index is 410. The van der Waals surface area contributed by atoms with Crippen LogP contribution in [0.15, 0.2) is 27.3 Å². The zero-order chi connectivity index (χ0) is 8.55. The number of ether oxygens (including phenoxy) is 1. The number of hydrogen-bond donors (Lipinski definition) is 0. The number of fused-ring (bicyclic) bond motifs is 1. The van der Waals surface area contributed by atoms with E-state index in [0.717, 1.165) is 5.39 Å². The molecule has 0 saturated heterocycles. The number of methoxy groups -OCH3 is 1. The first-order valence-corrected chi connectivity index (χ1v) is 4.20. The van der Waals surface area contributed by atoms with Crippen LogP contribution >= 0.6 is 15.9 Å². The Morgan fingerprint density at radius 3 is 3.08 bits per heavy atom. The smallest absolute Gasteiger partial charge is 0.209 e. The summed E-state index contributed by atoms with van der Waals surface area (Å²) in [5, 5.41) is 4.69. The SMILES string of the molecule is COc1cccc2c(Br)noc12. The van der Waals surface area contributed by atoms with Gasteiger partial charge >= 0.3 is 0 Å². The van der Waals surface area contributed by atoms with Crippen LogP contribution in [0.25, 0.3) is 11.0 Å². The summed E-state index contributed by atoms with van der Waals surface area (Å²) in [6.07, 6.45) is 0. The van der Waals surface area contributed by atoms with Crippen molar-refractivity contribution in [2.24, 2.45) is 0 Å². The molecule has 62 valence electrons. The van der Waals surface area contributed by atoms with Crippen molar-refractivity contribution in [1.82, 2.24) is 5.16 Å². The van der Waals surface area contributed by atoms with Crippen LogP contribution in [-0.2, 0) is 0 Å². The summed E-state index contributed by atoms with van der Waals surface area (Å²) in [7, 11) is 1.60. The highest BCUT2D eigenvalue weighted by Gasteiger charge is 2.08. The molecule has 0 aliphatic heterocycles. The van der Waals surface area contributed by atoms with E-state index in [1.54, 1.807) is 7.11 Å². The molecular weight excluding hydrogens is 222 g/mol. The molecule has 0 fully saturated rings. The van der Waals surface area contributed by atoms with E-state index in [9.17, 15) is 0 Å². The van der Waals surface area contributed by atoms with Crippen molar-refractivity contribution in [3.63, 3.8) is 0 Å². The first-order chi connectivity index (χ1) is 5.83. The Morgan fingerprint density at radius 1 is 1.50 bits per heavy atom. The lowest BCUT2D eigenvalue weighted by Gasteiger charge is -1.96. The van der Waals surface area contributed by atoms with Gasteiger partial charge in [0.15, 0.2) is 10.4 Å². The van der Waals surface area contributed by atoms with Gasteiger partial charge in [-0.05, 0) is 28.1 Å². The Balaban J connectivity index is 2.81. The van der Waals surface area contributed by atoms with Gasteiger partial charge in [-0.3, -0.25) is 0 Å². The second-order valence-electron chi connectivity index (χ2n) is 2.31. The third kappa shape index (κ3) is 0.992. The quantitative estimate of drug-likeness (QED) is 0.752. The van der Waals surface area contributed by atoms with Crippen molar-refractivity contribution in [2.45, 2.75) is 0 Å². The summed E-state index contributed by atoms with van der Waals surface area (Å²) in [4.78, 5) is 0. The van der Waals surface area contributed by atoms with Crippen molar-refractivity contribution in [3.8, 4) is 5.75 Å². The zero-order valence-electron chi connectivity index (χ0n) is 6.37. The van der Waals surface area contributed by atoms with Crippen molar-refractivity contribution in [1.29, 1.82) is 0 Å². The second-order valence-corrected chi connectivity index (χ2v) is 3.06. The molecular formula is C8H6BrNO2. The fraction of sp³-hybridized carbons (Fsp3) is 0.125. The topological polar surface area (TPSA) is 35.3 Å². The number of nitrogens with zero attached hydrogens (tertiary/aromatic N) is 1. The van der Waals surface area contributed by atoms with Crippen LogP contribution in [-0.4, -0.2) is 12.3 Å². The first kappa shape index (κ1) is 7.61. The summed E-state index contributed by atoms with van der Waals surface area (Å²) >= 11 is 3.27. The predicted octanol–water partition coefficient (Wildman–Crippen LogP) is 2.60. The molecule has 4 heteroatoms. The molecule has 0 spiro atoms. The number of hydrogen-bond acceptors (Lipinski definition) is 3. The largest absolute Gasteiger partial charge is 0.493 e. The molecule has 0 unspecified atom stereocenters. The molecule has 0 aliphatic carbocycles. The Hall–Kier alpha value is -1.03. The molecule has 12 heavy (non-hydrogen) atoms. The second kappa shape index (κ2) is 2.79. The maximum absolute atomic E-state index is 5.09. The highest BCUT2D eigenvalue weighted by Crippen LogP contribution is 2.29. The summed E-state index contributed by atoms with van der Waals surface area (Å²) < 4.78 is 10.8. The van der Waals surface area contributed by atoms with Gasteiger partial charge in [0.1, 0.15) is 0 Å². The van der Waals surface area contributed by atoms with E-state index in [0.29, 0.717) is 15.9 Å². The molecule has 0 radical (unpaired) electrons. The molecule has 3 nitrogen and oxygen atoms in total. The van der Waals surface area contributed by atoms with Gasteiger partial charge in [-0.15, -0.1) is 0 Å². The van der Waals surface area contributed by atoms with Gasteiger partial charge < -0.3 is 9.26 Å². The van der Waals surface area contributed by atoms with Gasteiger partial charge in [-0.2, -0.15) is 0 Å². The molecule has 0 saturated carbocycles. The third-order valence-electron chi connectivity index (χ3n) is 1.64. The molecule has 2 rings (SSSR count). The van der Waals surface area contributed by atoms with Gasteiger partial charge in [0.2, 0.25) is 5.58 Å². The summed E-state index contributed by atoms with van der Waals surface area (Å²) in [6, 6.07) is 5.64. The van der Waals surface area contributed by atoms with Gasteiger partial charge in [-0.25, -0.2) is 0 Å². The standard InChI is InChI=1S/C8H6BrNO2/c1-11-6-4-2-3-5-7(6)12-10-8(5)9/h2-4H,1H3. The summed E-state index contributed by atoms with van der Waals surface area (Å²) in [5.41, 5.74) is 0.673. The number of para-hydroxylation sites is 1. The summed E-state index contributed by atoms with van der Waals surface area (Å²) in [6.45, 7) is 0. The van der Waals surface area contributed by atoms with E-state index in [1.807, 2.05) is 18.2 Å². The Labute approximate surface area is 77.4 Å². The van der Waals surface area contributed by atoms with Crippen LogP contribution in [0.2, 0.25) is 0 Å². The predicted molar refractivity (Wildman–Crippen MR) is 48.3 cm³/mol. The average Bonchev–Trinajstić information content (AvgIpc) is 2.48.